The molecule has 4 rings (SSSR count). The van der Waals surface area contributed by atoms with Crippen LogP contribution in [0.5, 0.6) is 0 Å². The molecule has 1 aromatic heterocycles. The maximum absolute atomic E-state index is 11.2. The Morgan fingerprint density at radius 3 is 2.27 bits per heavy atom. The number of likely N-dealkylation sites (N-methyl/N-ethyl adjacent to an activating group) is 1. The van der Waals surface area contributed by atoms with Crippen LogP contribution in [0.3, 0.4) is 0 Å². The highest BCUT2D eigenvalue weighted by Crippen LogP contribution is 2.35. The molecule has 0 saturated carbocycles. The van der Waals surface area contributed by atoms with Crippen molar-refractivity contribution in [1.29, 1.82) is 0 Å². The number of hydrogen-bond donors (Lipinski definition) is 0. The normalized spacial score (nSPS) is 15.3. The average molecular weight is 346 g/mol. The summed E-state index contributed by atoms with van der Waals surface area (Å²) >= 11 is 0. The number of benzene rings is 2. The Hall–Kier alpha value is -2.79. The van der Waals surface area contributed by atoms with Crippen LogP contribution >= 0.6 is 0 Å². The van der Waals surface area contributed by atoms with Crippen molar-refractivity contribution in [3.05, 3.63) is 65.1 Å². The van der Waals surface area contributed by atoms with Gasteiger partial charge in [-0.3, -0.25) is 0 Å². The number of piperazine rings is 1. The standard InChI is InChI=1S/C21H22N4O/c1-24-11-13-25(14-12-24)21-19(15-22-26)17-9-5-6-10-18(17)20(23-21)16-7-3-2-4-8-16/h2-10H,11-15H2,1H3. The lowest BCUT2D eigenvalue weighted by atomic mass is 9.99. The molecule has 0 bridgehead atoms. The Morgan fingerprint density at radius 2 is 1.58 bits per heavy atom. The summed E-state index contributed by atoms with van der Waals surface area (Å²) in [7, 11) is 2.13. The summed E-state index contributed by atoms with van der Waals surface area (Å²) in [5.41, 5.74) is 2.98. The van der Waals surface area contributed by atoms with Crippen LogP contribution in [0.4, 0.5) is 5.82 Å². The maximum atomic E-state index is 11.2. The summed E-state index contributed by atoms with van der Waals surface area (Å²) in [4.78, 5) is 20.8. The number of aromatic nitrogens is 1. The molecule has 2 aromatic carbocycles. The van der Waals surface area contributed by atoms with Gasteiger partial charge >= 0.3 is 0 Å². The van der Waals surface area contributed by atoms with Crippen LogP contribution in [0, 0.1) is 4.91 Å². The third-order valence-corrected chi connectivity index (χ3v) is 5.07. The average Bonchev–Trinajstić information content (AvgIpc) is 2.70. The van der Waals surface area contributed by atoms with E-state index in [1.807, 2.05) is 30.3 Å². The van der Waals surface area contributed by atoms with Crippen molar-refractivity contribution in [2.75, 3.05) is 38.1 Å². The van der Waals surface area contributed by atoms with Gasteiger partial charge in [0, 0.05) is 42.7 Å². The fourth-order valence-electron chi connectivity index (χ4n) is 3.62. The van der Waals surface area contributed by atoms with Crippen LogP contribution in [-0.4, -0.2) is 43.1 Å². The number of anilines is 1. The van der Waals surface area contributed by atoms with Crippen LogP contribution in [0.15, 0.2) is 59.8 Å². The Morgan fingerprint density at radius 1 is 0.923 bits per heavy atom. The van der Waals surface area contributed by atoms with Gasteiger partial charge in [-0.1, -0.05) is 59.8 Å². The first kappa shape index (κ1) is 16.7. The molecule has 26 heavy (non-hydrogen) atoms. The van der Waals surface area contributed by atoms with Gasteiger partial charge in [0.1, 0.15) is 12.4 Å². The molecule has 3 aromatic rings. The molecule has 5 heteroatoms. The van der Waals surface area contributed by atoms with Crippen molar-refractivity contribution in [3.8, 4) is 11.3 Å². The molecule has 1 saturated heterocycles. The van der Waals surface area contributed by atoms with Crippen LogP contribution in [0.25, 0.3) is 22.0 Å². The first-order chi connectivity index (χ1) is 12.8. The van der Waals surface area contributed by atoms with E-state index in [0.717, 1.165) is 59.6 Å². The van der Waals surface area contributed by atoms with Gasteiger partial charge in [-0.25, -0.2) is 4.98 Å². The first-order valence-electron chi connectivity index (χ1n) is 8.97. The Labute approximate surface area is 153 Å². The fraction of sp³-hybridized carbons (Fsp3) is 0.286. The zero-order chi connectivity index (χ0) is 17.9. The highest BCUT2D eigenvalue weighted by atomic mass is 16.3. The van der Waals surface area contributed by atoms with E-state index in [-0.39, 0.29) is 6.54 Å². The van der Waals surface area contributed by atoms with Crippen molar-refractivity contribution in [2.45, 2.75) is 6.54 Å². The molecule has 2 heterocycles. The molecule has 0 spiro atoms. The van der Waals surface area contributed by atoms with Gasteiger partial charge in [0.05, 0.1) is 5.69 Å². The van der Waals surface area contributed by atoms with Crippen LogP contribution < -0.4 is 4.90 Å². The second-order valence-corrected chi connectivity index (χ2v) is 6.75. The van der Waals surface area contributed by atoms with E-state index < -0.39 is 0 Å². The summed E-state index contributed by atoms with van der Waals surface area (Å²) in [6.45, 7) is 3.93. The Kier molecular flexibility index (Phi) is 4.63. The minimum Gasteiger partial charge on any atom is -0.354 e. The molecule has 1 fully saturated rings. The second-order valence-electron chi connectivity index (χ2n) is 6.75. The van der Waals surface area contributed by atoms with E-state index in [0.29, 0.717) is 0 Å². The maximum Gasteiger partial charge on any atom is 0.135 e. The van der Waals surface area contributed by atoms with Gasteiger partial charge in [0.25, 0.3) is 0 Å². The van der Waals surface area contributed by atoms with Crippen molar-refractivity contribution < 1.29 is 0 Å². The number of rotatable bonds is 4. The van der Waals surface area contributed by atoms with E-state index in [1.54, 1.807) is 0 Å². The lowest BCUT2D eigenvalue weighted by Crippen LogP contribution is -2.45. The number of pyridine rings is 1. The first-order valence-corrected chi connectivity index (χ1v) is 8.97. The summed E-state index contributed by atoms with van der Waals surface area (Å²) in [5.74, 6) is 0.898. The molecular weight excluding hydrogens is 324 g/mol. The topological polar surface area (TPSA) is 48.8 Å². The quantitative estimate of drug-likeness (QED) is 0.672. The van der Waals surface area contributed by atoms with Crippen LogP contribution in [0.2, 0.25) is 0 Å². The van der Waals surface area contributed by atoms with Crippen molar-refractivity contribution >= 4 is 16.6 Å². The van der Waals surface area contributed by atoms with E-state index in [2.05, 4.69) is 46.3 Å². The number of nitroso groups, excluding NO2 is 1. The monoisotopic (exact) mass is 346 g/mol. The predicted octanol–water partition coefficient (Wildman–Crippen LogP) is 3.92. The lowest BCUT2D eigenvalue weighted by Gasteiger charge is -2.34. The van der Waals surface area contributed by atoms with Gasteiger partial charge in [0.15, 0.2) is 0 Å². The molecule has 0 aliphatic carbocycles. The summed E-state index contributed by atoms with van der Waals surface area (Å²) < 4.78 is 0. The SMILES string of the molecule is CN1CCN(c2nc(-c3ccccc3)c3ccccc3c2CN=O)CC1. The zero-order valence-electron chi connectivity index (χ0n) is 14.9. The Bertz CT molecular complexity index is 918. The highest BCUT2D eigenvalue weighted by Gasteiger charge is 2.22. The molecule has 0 amide bonds. The summed E-state index contributed by atoms with van der Waals surface area (Å²) in [6.07, 6.45) is 0. The molecule has 0 N–H and O–H groups in total. The summed E-state index contributed by atoms with van der Waals surface area (Å²) in [5, 5.41) is 5.33. The molecular formula is C21H22N4O. The second kappa shape index (κ2) is 7.22. The third kappa shape index (κ3) is 3.06. The van der Waals surface area contributed by atoms with Gasteiger partial charge in [-0.15, -0.1) is 0 Å². The highest BCUT2D eigenvalue weighted by molar-refractivity contribution is 5.99. The van der Waals surface area contributed by atoms with Crippen molar-refractivity contribution in [3.63, 3.8) is 0 Å². The minimum absolute atomic E-state index is 0.143. The van der Waals surface area contributed by atoms with E-state index in [4.69, 9.17) is 4.98 Å². The zero-order valence-corrected chi connectivity index (χ0v) is 14.9. The number of fused-ring (bicyclic) bond motifs is 1. The molecule has 0 atom stereocenters. The van der Waals surface area contributed by atoms with Gasteiger partial charge in [0.2, 0.25) is 0 Å². The van der Waals surface area contributed by atoms with E-state index in [9.17, 15) is 4.91 Å². The minimum atomic E-state index is 0.143. The molecule has 132 valence electrons. The van der Waals surface area contributed by atoms with Crippen LogP contribution in [0.1, 0.15) is 5.56 Å². The number of hydrogen-bond acceptors (Lipinski definition) is 5. The van der Waals surface area contributed by atoms with E-state index in [1.165, 1.54) is 0 Å². The van der Waals surface area contributed by atoms with Gasteiger partial charge in [-0.05, 0) is 12.4 Å². The van der Waals surface area contributed by atoms with E-state index >= 15 is 0 Å². The third-order valence-electron chi connectivity index (χ3n) is 5.07. The van der Waals surface area contributed by atoms with Crippen molar-refractivity contribution in [1.82, 2.24) is 9.88 Å². The van der Waals surface area contributed by atoms with Crippen molar-refractivity contribution in [2.24, 2.45) is 5.18 Å². The smallest absolute Gasteiger partial charge is 0.135 e. The van der Waals surface area contributed by atoms with Gasteiger partial charge in [-0.2, -0.15) is 4.91 Å². The molecule has 5 nitrogen and oxygen atoms in total. The largest absolute Gasteiger partial charge is 0.354 e. The fourth-order valence-corrected chi connectivity index (χ4v) is 3.62. The lowest BCUT2D eigenvalue weighted by molar-refractivity contribution is 0.312. The molecule has 1 aliphatic rings. The summed E-state index contributed by atoms with van der Waals surface area (Å²) in [6, 6.07) is 18.4. The number of nitrogens with zero attached hydrogens (tertiary/aromatic N) is 4. The Balaban J connectivity index is 1.94. The van der Waals surface area contributed by atoms with Gasteiger partial charge < -0.3 is 9.80 Å². The molecule has 0 unspecified atom stereocenters. The molecule has 1 aliphatic heterocycles. The van der Waals surface area contributed by atoms with Crippen LogP contribution in [-0.2, 0) is 6.54 Å². The predicted molar refractivity (Wildman–Crippen MR) is 106 cm³/mol. The molecule has 0 radical (unpaired) electrons.